The van der Waals surface area contributed by atoms with Crippen molar-refractivity contribution in [2.45, 2.75) is 20.3 Å². The second-order valence-electron chi connectivity index (χ2n) is 4.54. The van der Waals surface area contributed by atoms with Gasteiger partial charge in [0.05, 0.1) is 5.69 Å². The molecule has 0 unspecified atom stereocenters. The number of fused-ring (bicyclic) bond motifs is 1. The van der Waals surface area contributed by atoms with Crippen molar-refractivity contribution in [2.24, 2.45) is 0 Å². The molecular formula is C14H13ClN4. The zero-order chi connectivity index (χ0) is 13.4. The molecule has 2 heterocycles. The second-order valence-corrected chi connectivity index (χ2v) is 4.95. The first-order valence-corrected chi connectivity index (χ1v) is 6.45. The van der Waals surface area contributed by atoms with Crippen LogP contribution in [-0.4, -0.2) is 19.8 Å². The molecule has 0 aliphatic heterocycles. The van der Waals surface area contributed by atoms with E-state index >= 15 is 0 Å². The van der Waals surface area contributed by atoms with Gasteiger partial charge in [0.1, 0.15) is 0 Å². The second kappa shape index (κ2) is 4.63. The molecule has 0 N–H and O–H groups in total. The topological polar surface area (TPSA) is 43.1 Å². The highest BCUT2D eigenvalue weighted by atomic mass is 35.5. The van der Waals surface area contributed by atoms with Gasteiger partial charge in [-0.15, -0.1) is 10.2 Å². The van der Waals surface area contributed by atoms with Gasteiger partial charge in [-0.2, -0.15) is 9.61 Å². The molecule has 5 heteroatoms. The smallest absolute Gasteiger partial charge is 0.178 e. The third kappa shape index (κ3) is 2.19. The summed E-state index contributed by atoms with van der Waals surface area (Å²) in [7, 11) is 0. The lowest BCUT2D eigenvalue weighted by atomic mass is 10.0. The Kier molecular flexibility index (Phi) is 2.95. The molecule has 0 aliphatic rings. The molecule has 96 valence electrons. The fourth-order valence-electron chi connectivity index (χ4n) is 2.09. The summed E-state index contributed by atoms with van der Waals surface area (Å²) in [6.45, 7) is 3.88. The van der Waals surface area contributed by atoms with Gasteiger partial charge in [0.25, 0.3) is 0 Å². The van der Waals surface area contributed by atoms with E-state index in [9.17, 15) is 0 Å². The van der Waals surface area contributed by atoms with Crippen LogP contribution in [0.5, 0.6) is 0 Å². The molecule has 3 rings (SSSR count). The van der Waals surface area contributed by atoms with Crippen molar-refractivity contribution >= 4 is 17.2 Å². The van der Waals surface area contributed by atoms with E-state index in [1.165, 1.54) is 0 Å². The fraction of sp³-hybridized carbons (Fsp3) is 0.214. The lowest BCUT2D eigenvalue weighted by Crippen LogP contribution is -2.02. The standard InChI is InChI=1S/C14H13ClN4/c1-9-12(7-11-5-3-4-6-13(11)15)8-14-17-16-10(2)19(14)18-9/h3-6,8H,7H2,1-2H3. The van der Waals surface area contributed by atoms with Gasteiger partial charge in [-0.1, -0.05) is 29.8 Å². The molecule has 3 aromatic rings. The molecular weight excluding hydrogens is 260 g/mol. The third-order valence-electron chi connectivity index (χ3n) is 3.18. The van der Waals surface area contributed by atoms with Gasteiger partial charge in [-0.3, -0.25) is 0 Å². The van der Waals surface area contributed by atoms with Crippen LogP contribution in [0.25, 0.3) is 5.65 Å². The molecule has 0 fully saturated rings. The summed E-state index contributed by atoms with van der Waals surface area (Å²) >= 11 is 6.20. The maximum atomic E-state index is 6.20. The quantitative estimate of drug-likeness (QED) is 0.720. The van der Waals surface area contributed by atoms with Crippen LogP contribution in [0.1, 0.15) is 22.6 Å². The zero-order valence-electron chi connectivity index (χ0n) is 10.8. The van der Waals surface area contributed by atoms with Gasteiger partial charge < -0.3 is 0 Å². The summed E-state index contributed by atoms with van der Waals surface area (Å²) in [5, 5.41) is 13.4. The van der Waals surface area contributed by atoms with E-state index < -0.39 is 0 Å². The van der Waals surface area contributed by atoms with Crippen LogP contribution in [0.15, 0.2) is 30.3 Å². The number of benzene rings is 1. The van der Waals surface area contributed by atoms with Crippen molar-refractivity contribution in [1.82, 2.24) is 19.8 Å². The third-order valence-corrected chi connectivity index (χ3v) is 3.55. The van der Waals surface area contributed by atoms with Crippen molar-refractivity contribution in [3.63, 3.8) is 0 Å². The number of hydrogen-bond donors (Lipinski definition) is 0. The van der Waals surface area contributed by atoms with E-state index in [1.807, 2.05) is 44.2 Å². The molecule has 2 aromatic heterocycles. The summed E-state index contributed by atoms with van der Waals surface area (Å²) in [6.07, 6.45) is 0.751. The van der Waals surface area contributed by atoms with Gasteiger partial charge in [0.15, 0.2) is 11.5 Å². The minimum atomic E-state index is 0.751. The van der Waals surface area contributed by atoms with Crippen LogP contribution >= 0.6 is 11.6 Å². The fourth-order valence-corrected chi connectivity index (χ4v) is 2.29. The van der Waals surface area contributed by atoms with E-state index in [4.69, 9.17) is 11.6 Å². The highest BCUT2D eigenvalue weighted by Crippen LogP contribution is 2.20. The first-order chi connectivity index (χ1) is 9.15. The summed E-state index contributed by atoms with van der Waals surface area (Å²) in [5.41, 5.74) is 3.95. The molecule has 0 amide bonds. The monoisotopic (exact) mass is 272 g/mol. The summed E-state index contributed by atoms with van der Waals surface area (Å²) in [6, 6.07) is 9.87. The van der Waals surface area contributed by atoms with E-state index in [-0.39, 0.29) is 0 Å². The Labute approximate surface area is 116 Å². The van der Waals surface area contributed by atoms with Crippen LogP contribution in [0.3, 0.4) is 0 Å². The molecule has 0 bridgehead atoms. The Morgan fingerprint density at radius 2 is 1.89 bits per heavy atom. The number of halogens is 1. The van der Waals surface area contributed by atoms with Crippen LogP contribution in [0.2, 0.25) is 5.02 Å². The number of nitrogens with zero attached hydrogens (tertiary/aromatic N) is 4. The number of rotatable bonds is 2. The number of aromatic nitrogens is 4. The molecule has 0 saturated carbocycles. The largest absolute Gasteiger partial charge is 0.197 e. The van der Waals surface area contributed by atoms with Crippen molar-refractivity contribution in [3.8, 4) is 0 Å². The van der Waals surface area contributed by atoms with Gasteiger partial charge in [-0.05, 0) is 37.1 Å². The molecule has 0 aliphatic carbocycles. The summed E-state index contributed by atoms with van der Waals surface area (Å²) < 4.78 is 1.76. The lowest BCUT2D eigenvalue weighted by Gasteiger charge is -2.07. The minimum Gasteiger partial charge on any atom is -0.197 e. The predicted octanol–water partition coefficient (Wildman–Crippen LogP) is 2.99. The number of hydrogen-bond acceptors (Lipinski definition) is 3. The van der Waals surface area contributed by atoms with Gasteiger partial charge in [0, 0.05) is 11.4 Å². The highest BCUT2D eigenvalue weighted by molar-refractivity contribution is 6.31. The Bertz CT molecular complexity index is 748. The maximum Gasteiger partial charge on any atom is 0.178 e. The van der Waals surface area contributed by atoms with E-state index in [2.05, 4.69) is 15.3 Å². The van der Waals surface area contributed by atoms with Crippen LogP contribution in [0.4, 0.5) is 0 Å². The maximum absolute atomic E-state index is 6.20. The zero-order valence-corrected chi connectivity index (χ0v) is 11.5. The van der Waals surface area contributed by atoms with Gasteiger partial charge >= 0.3 is 0 Å². The van der Waals surface area contributed by atoms with Crippen molar-refractivity contribution in [2.75, 3.05) is 0 Å². The number of aryl methyl sites for hydroxylation is 2. The average Bonchev–Trinajstić information content (AvgIpc) is 2.74. The molecule has 0 saturated heterocycles. The first-order valence-electron chi connectivity index (χ1n) is 6.07. The minimum absolute atomic E-state index is 0.751. The Hall–Kier alpha value is -1.94. The molecule has 4 nitrogen and oxygen atoms in total. The molecule has 0 atom stereocenters. The first kappa shape index (κ1) is 12.1. The van der Waals surface area contributed by atoms with Crippen molar-refractivity contribution in [3.05, 3.63) is 58.0 Å². The normalized spacial score (nSPS) is 11.1. The summed E-state index contributed by atoms with van der Waals surface area (Å²) in [4.78, 5) is 0. The molecule has 0 radical (unpaired) electrons. The molecule has 0 spiro atoms. The van der Waals surface area contributed by atoms with Crippen LogP contribution in [0, 0.1) is 13.8 Å². The van der Waals surface area contributed by atoms with Crippen LogP contribution < -0.4 is 0 Å². The molecule has 1 aromatic carbocycles. The SMILES string of the molecule is Cc1nn2c(C)nnc2cc1Cc1ccccc1Cl. The van der Waals surface area contributed by atoms with Crippen molar-refractivity contribution in [1.29, 1.82) is 0 Å². The van der Waals surface area contributed by atoms with Gasteiger partial charge in [-0.25, -0.2) is 0 Å². The van der Waals surface area contributed by atoms with Crippen LogP contribution in [-0.2, 0) is 6.42 Å². The highest BCUT2D eigenvalue weighted by Gasteiger charge is 2.09. The average molecular weight is 273 g/mol. The molecule has 19 heavy (non-hydrogen) atoms. The Morgan fingerprint density at radius 3 is 2.68 bits per heavy atom. The van der Waals surface area contributed by atoms with E-state index in [0.717, 1.165) is 39.7 Å². The van der Waals surface area contributed by atoms with Gasteiger partial charge in [0.2, 0.25) is 0 Å². The lowest BCUT2D eigenvalue weighted by molar-refractivity contribution is 0.838. The Balaban J connectivity index is 2.06. The summed E-state index contributed by atoms with van der Waals surface area (Å²) in [5.74, 6) is 0.794. The predicted molar refractivity (Wildman–Crippen MR) is 74.5 cm³/mol. The Morgan fingerprint density at radius 1 is 1.11 bits per heavy atom. The van der Waals surface area contributed by atoms with E-state index in [1.54, 1.807) is 4.52 Å². The van der Waals surface area contributed by atoms with Crippen molar-refractivity contribution < 1.29 is 0 Å². The van der Waals surface area contributed by atoms with E-state index in [0.29, 0.717) is 0 Å².